The maximum atomic E-state index is 2.50. The summed E-state index contributed by atoms with van der Waals surface area (Å²) in [5, 5.41) is 0. The van der Waals surface area contributed by atoms with Gasteiger partial charge in [0.1, 0.15) is 0 Å². The first-order valence-corrected chi connectivity index (χ1v) is 7.49. The van der Waals surface area contributed by atoms with Gasteiger partial charge in [-0.3, -0.25) is 0 Å². The van der Waals surface area contributed by atoms with Crippen LogP contribution in [0.25, 0.3) is 0 Å². The fraction of sp³-hybridized carbons (Fsp3) is 1.00. The lowest BCUT2D eigenvalue weighted by Gasteiger charge is -2.51. The van der Waals surface area contributed by atoms with Crippen LogP contribution in [0.15, 0.2) is 0 Å². The summed E-state index contributed by atoms with van der Waals surface area (Å²) in [6.07, 6.45) is 9.21. The van der Waals surface area contributed by atoms with E-state index in [0.717, 1.165) is 23.7 Å². The van der Waals surface area contributed by atoms with Gasteiger partial charge in [-0.2, -0.15) is 0 Å². The molecular weight excluding hydrogens is 192 g/mol. The highest BCUT2D eigenvalue weighted by molar-refractivity contribution is 5.12. The first-order valence-electron chi connectivity index (χ1n) is 7.49. The maximum Gasteiger partial charge on any atom is -0.0218 e. The van der Waals surface area contributed by atoms with Crippen molar-refractivity contribution in [3.05, 3.63) is 0 Å². The van der Waals surface area contributed by atoms with Gasteiger partial charge in [-0.15, -0.1) is 0 Å². The van der Waals surface area contributed by atoms with E-state index in [2.05, 4.69) is 27.7 Å². The zero-order valence-corrected chi connectivity index (χ0v) is 11.6. The van der Waals surface area contributed by atoms with Crippen LogP contribution < -0.4 is 0 Å². The van der Waals surface area contributed by atoms with Gasteiger partial charge in [-0.05, 0) is 66.6 Å². The van der Waals surface area contributed by atoms with Gasteiger partial charge in [0.15, 0.2) is 0 Å². The van der Waals surface area contributed by atoms with Crippen LogP contribution in [-0.4, -0.2) is 0 Å². The molecule has 5 atom stereocenters. The van der Waals surface area contributed by atoms with Crippen molar-refractivity contribution < 1.29 is 0 Å². The number of hydrogen-bond donors (Lipinski definition) is 0. The van der Waals surface area contributed by atoms with Crippen LogP contribution in [-0.2, 0) is 0 Å². The molecular formula is C16H28. The van der Waals surface area contributed by atoms with E-state index in [4.69, 9.17) is 0 Å². The SMILES string of the molecule is CCC1(C(C)(C)C)CC2CC1C1CCCC21. The molecule has 3 saturated carbocycles. The molecule has 3 rings (SSSR count). The average molecular weight is 220 g/mol. The van der Waals surface area contributed by atoms with Crippen molar-refractivity contribution in [1.29, 1.82) is 0 Å². The predicted molar refractivity (Wildman–Crippen MR) is 69.2 cm³/mol. The monoisotopic (exact) mass is 220 g/mol. The summed E-state index contributed by atoms with van der Waals surface area (Å²) in [5.74, 6) is 4.46. The molecule has 92 valence electrons. The van der Waals surface area contributed by atoms with Crippen LogP contribution in [0.4, 0.5) is 0 Å². The van der Waals surface area contributed by atoms with E-state index in [1.165, 1.54) is 12.8 Å². The molecule has 16 heavy (non-hydrogen) atoms. The Morgan fingerprint density at radius 1 is 1.12 bits per heavy atom. The molecule has 0 aliphatic heterocycles. The summed E-state index contributed by atoms with van der Waals surface area (Å²) < 4.78 is 0. The third-order valence-corrected chi connectivity index (χ3v) is 6.76. The Hall–Kier alpha value is 0. The smallest absolute Gasteiger partial charge is 0.0218 e. The van der Waals surface area contributed by atoms with Crippen molar-refractivity contribution in [2.24, 2.45) is 34.5 Å². The largest absolute Gasteiger partial charge is 0.0648 e. The molecule has 3 aliphatic carbocycles. The van der Waals surface area contributed by atoms with Gasteiger partial charge in [0.25, 0.3) is 0 Å². The summed E-state index contributed by atoms with van der Waals surface area (Å²) >= 11 is 0. The van der Waals surface area contributed by atoms with E-state index in [1.807, 2.05) is 0 Å². The minimum atomic E-state index is 0.523. The third-order valence-electron chi connectivity index (χ3n) is 6.76. The Morgan fingerprint density at radius 2 is 1.81 bits per heavy atom. The molecule has 0 aromatic heterocycles. The normalized spacial score (nSPS) is 51.0. The second kappa shape index (κ2) is 3.27. The van der Waals surface area contributed by atoms with Crippen LogP contribution in [0.1, 0.15) is 66.2 Å². The van der Waals surface area contributed by atoms with Crippen molar-refractivity contribution in [1.82, 2.24) is 0 Å². The number of hydrogen-bond acceptors (Lipinski definition) is 0. The van der Waals surface area contributed by atoms with E-state index in [9.17, 15) is 0 Å². The lowest BCUT2D eigenvalue weighted by molar-refractivity contribution is -0.0243. The molecule has 0 aromatic rings. The van der Waals surface area contributed by atoms with Crippen LogP contribution >= 0.6 is 0 Å². The molecule has 0 N–H and O–H groups in total. The van der Waals surface area contributed by atoms with Crippen LogP contribution in [0.3, 0.4) is 0 Å². The van der Waals surface area contributed by atoms with Gasteiger partial charge in [-0.1, -0.05) is 34.1 Å². The molecule has 0 nitrogen and oxygen atoms in total. The van der Waals surface area contributed by atoms with Crippen molar-refractivity contribution >= 4 is 0 Å². The highest BCUT2D eigenvalue weighted by atomic mass is 14.7. The molecule has 0 aromatic carbocycles. The fourth-order valence-corrected chi connectivity index (χ4v) is 6.07. The molecule has 3 fully saturated rings. The zero-order chi connectivity index (χ0) is 11.6. The molecule has 0 amide bonds. The molecule has 0 radical (unpaired) electrons. The summed E-state index contributed by atoms with van der Waals surface area (Å²) in [4.78, 5) is 0. The van der Waals surface area contributed by atoms with Gasteiger partial charge in [-0.25, -0.2) is 0 Å². The van der Waals surface area contributed by atoms with Crippen molar-refractivity contribution in [3.63, 3.8) is 0 Å². The Balaban J connectivity index is 1.95. The predicted octanol–water partition coefficient (Wildman–Crippen LogP) is 4.89. The second-order valence-electron chi connectivity index (χ2n) is 7.82. The molecule has 2 bridgehead atoms. The van der Waals surface area contributed by atoms with Gasteiger partial charge in [0.05, 0.1) is 0 Å². The molecule has 0 spiro atoms. The van der Waals surface area contributed by atoms with Crippen LogP contribution in [0.2, 0.25) is 0 Å². The summed E-state index contributed by atoms with van der Waals surface area (Å²) in [5.41, 5.74) is 1.21. The summed E-state index contributed by atoms with van der Waals surface area (Å²) in [6.45, 7) is 9.96. The Kier molecular flexibility index (Phi) is 2.27. The topological polar surface area (TPSA) is 0 Å². The number of fused-ring (bicyclic) bond motifs is 5. The van der Waals surface area contributed by atoms with E-state index in [1.54, 1.807) is 25.7 Å². The maximum absolute atomic E-state index is 2.50. The molecule has 3 aliphatic rings. The third kappa shape index (κ3) is 1.17. The highest BCUT2D eigenvalue weighted by Crippen LogP contribution is 2.71. The molecule has 0 heteroatoms. The van der Waals surface area contributed by atoms with E-state index < -0.39 is 0 Å². The van der Waals surface area contributed by atoms with Crippen LogP contribution in [0, 0.1) is 34.5 Å². The van der Waals surface area contributed by atoms with E-state index in [0.29, 0.717) is 10.8 Å². The highest BCUT2D eigenvalue weighted by Gasteiger charge is 2.63. The zero-order valence-electron chi connectivity index (χ0n) is 11.6. The Bertz CT molecular complexity index is 285. The van der Waals surface area contributed by atoms with Crippen molar-refractivity contribution in [3.8, 4) is 0 Å². The van der Waals surface area contributed by atoms with Crippen molar-refractivity contribution in [2.45, 2.75) is 66.2 Å². The van der Waals surface area contributed by atoms with Crippen LogP contribution in [0.5, 0.6) is 0 Å². The minimum absolute atomic E-state index is 0.523. The van der Waals surface area contributed by atoms with Gasteiger partial charge in [0, 0.05) is 0 Å². The summed E-state index contributed by atoms with van der Waals surface area (Å²) in [6, 6.07) is 0. The second-order valence-corrected chi connectivity index (χ2v) is 7.82. The molecule has 0 saturated heterocycles. The minimum Gasteiger partial charge on any atom is -0.0648 e. The number of rotatable bonds is 1. The van der Waals surface area contributed by atoms with Gasteiger partial charge >= 0.3 is 0 Å². The lowest BCUT2D eigenvalue weighted by Crippen LogP contribution is -2.44. The first-order chi connectivity index (χ1) is 7.49. The van der Waals surface area contributed by atoms with Gasteiger partial charge in [0.2, 0.25) is 0 Å². The standard InChI is InChI=1S/C16H28/c1-5-16(15(2,3)4)10-11-9-14(16)13-8-6-7-12(11)13/h11-14H,5-10H2,1-4H3. The quantitative estimate of drug-likeness (QED) is 0.590. The fourth-order valence-electron chi connectivity index (χ4n) is 6.07. The van der Waals surface area contributed by atoms with Gasteiger partial charge < -0.3 is 0 Å². The molecule has 0 heterocycles. The first kappa shape index (κ1) is 11.1. The Labute approximate surface area is 101 Å². The average Bonchev–Trinajstić information content (AvgIpc) is 2.86. The Morgan fingerprint density at radius 3 is 2.44 bits per heavy atom. The van der Waals surface area contributed by atoms with E-state index >= 15 is 0 Å². The lowest BCUT2D eigenvalue weighted by atomic mass is 9.54. The van der Waals surface area contributed by atoms with Crippen molar-refractivity contribution in [2.75, 3.05) is 0 Å². The molecule has 5 unspecified atom stereocenters. The summed E-state index contributed by atoms with van der Waals surface area (Å²) in [7, 11) is 0. The van der Waals surface area contributed by atoms with E-state index in [-0.39, 0.29) is 0 Å².